The number of aliphatic carboxylic acids is 1. The van der Waals surface area contributed by atoms with Crippen molar-refractivity contribution in [1.29, 1.82) is 0 Å². The van der Waals surface area contributed by atoms with Crippen LogP contribution in [0.3, 0.4) is 0 Å². The number of aliphatic hydroxyl groups is 1. The lowest BCUT2D eigenvalue weighted by molar-refractivity contribution is -0.870. The molecule has 13 nitrogen and oxygen atoms in total. The molecule has 0 fully saturated rings. The molecule has 15 heteroatoms. The Balaban J connectivity index is 5.28. The van der Waals surface area contributed by atoms with Crippen LogP contribution in [-0.4, -0.2) is 109 Å². The van der Waals surface area contributed by atoms with Gasteiger partial charge in [-0.25, -0.2) is 0 Å². The molecule has 0 saturated heterocycles. The summed E-state index contributed by atoms with van der Waals surface area (Å²) in [5.41, 5.74) is 6.19. The normalized spacial score (nSPS) is 15.5. The highest BCUT2D eigenvalue weighted by atomic mass is 32.2. The minimum atomic E-state index is -4.76. The summed E-state index contributed by atoms with van der Waals surface area (Å²) in [6.07, 6.45) is 35.8. The summed E-state index contributed by atoms with van der Waals surface area (Å²) in [6, 6.07) is -1.14. The lowest BCUT2D eigenvalue weighted by atomic mass is 10.1. The number of allylic oxidation sites excluding steroid dienone is 9. The summed E-state index contributed by atoms with van der Waals surface area (Å²) in [4.78, 5) is 49.4. The Morgan fingerprint density at radius 2 is 1.35 bits per heavy atom. The Labute approximate surface area is 378 Å². The molecule has 4 N–H and O–H groups in total. The number of nitrogens with zero attached hydrogens (tertiary/aromatic N) is 1. The molecular formula is C47H83N2O11PS. The van der Waals surface area contributed by atoms with Crippen LogP contribution in [0.1, 0.15) is 142 Å². The lowest BCUT2D eigenvalue weighted by Crippen LogP contribution is -2.39. The van der Waals surface area contributed by atoms with Gasteiger partial charge in [0, 0.05) is 23.8 Å². The maximum Gasteiger partial charge on any atom is 0.323 e. The molecule has 62 heavy (non-hydrogen) atoms. The van der Waals surface area contributed by atoms with Crippen molar-refractivity contribution in [3.05, 3.63) is 60.8 Å². The summed E-state index contributed by atoms with van der Waals surface area (Å²) < 4.78 is 33.9. The summed E-state index contributed by atoms with van der Waals surface area (Å²) in [6.45, 7) is 3.57. The van der Waals surface area contributed by atoms with Crippen molar-refractivity contribution < 1.29 is 57.1 Å². The van der Waals surface area contributed by atoms with E-state index in [0.717, 1.165) is 51.4 Å². The fourth-order valence-corrected chi connectivity index (χ4v) is 7.59. The van der Waals surface area contributed by atoms with Crippen molar-refractivity contribution in [3.63, 3.8) is 0 Å². The van der Waals surface area contributed by atoms with Crippen molar-refractivity contribution in [2.45, 2.75) is 166 Å². The van der Waals surface area contributed by atoms with Gasteiger partial charge in [0.1, 0.15) is 25.8 Å². The topological polar surface area (TPSA) is 195 Å². The first-order valence-electron chi connectivity index (χ1n) is 22.9. The van der Waals surface area contributed by atoms with Crippen molar-refractivity contribution in [2.24, 2.45) is 5.73 Å². The number of likely N-dealkylation sites (N-methyl/N-ethyl adjacent to an activating group) is 1. The number of thioether (sulfide) groups is 1. The van der Waals surface area contributed by atoms with Gasteiger partial charge < -0.3 is 43.8 Å². The van der Waals surface area contributed by atoms with E-state index in [2.05, 4.69) is 38.2 Å². The monoisotopic (exact) mass is 915 g/mol. The van der Waals surface area contributed by atoms with Crippen LogP contribution in [0.2, 0.25) is 0 Å². The van der Waals surface area contributed by atoms with Crippen LogP contribution in [0.5, 0.6) is 0 Å². The van der Waals surface area contributed by atoms with E-state index in [0.29, 0.717) is 17.4 Å². The first kappa shape index (κ1) is 59.5. The molecule has 0 spiro atoms. The Morgan fingerprint density at radius 1 is 0.758 bits per heavy atom. The van der Waals surface area contributed by atoms with Gasteiger partial charge in [0.2, 0.25) is 0 Å². The third-order valence-electron chi connectivity index (χ3n) is 9.51. The van der Waals surface area contributed by atoms with Crippen molar-refractivity contribution >= 4 is 37.5 Å². The number of esters is 2. The van der Waals surface area contributed by atoms with Gasteiger partial charge in [0.25, 0.3) is 7.82 Å². The second-order valence-electron chi connectivity index (χ2n) is 16.6. The Kier molecular flexibility index (Phi) is 37.3. The molecule has 0 rings (SSSR count). The van der Waals surface area contributed by atoms with E-state index >= 15 is 0 Å². The zero-order valence-corrected chi connectivity index (χ0v) is 40.4. The van der Waals surface area contributed by atoms with Gasteiger partial charge in [-0.05, 0) is 64.2 Å². The first-order valence-corrected chi connectivity index (χ1v) is 25.4. The van der Waals surface area contributed by atoms with Gasteiger partial charge in [0.05, 0.1) is 33.9 Å². The molecule has 1 unspecified atom stereocenters. The van der Waals surface area contributed by atoms with Crippen LogP contribution < -0.4 is 10.6 Å². The van der Waals surface area contributed by atoms with E-state index in [1.165, 1.54) is 56.7 Å². The molecular weight excluding hydrogens is 832 g/mol. The van der Waals surface area contributed by atoms with Crippen LogP contribution in [-0.2, 0) is 37.5 Å². The number of carboxylic acids is 1. The number of carbonyl (C=O) groups is 3. The first-order chi connectivity index (χ1) is 29.6. The number of carboxylic acid groups (broad SMARTS) is 1. The molecule has 0 aliphatic carbocycles. The van der Waals surface area contributed by atoms with Crippen LogP contribution in [0.15, 0.2) is 60.8 Å². The van der Waals surface area contributed by atoms with Crippen molar-refractivity contribution in [2.75, 3.05) is 53.3 Å². The maximum atomic E-state index is 13.0. The largest absolute Gasteiger partial charge is 0.756 e. The number of hydrogen-bond acceptors (Lipinski definition) is 12. The number of carbonyl (C=O) groups excluding carboxylic acids is 2. The number of hydrogen-bond donors (Lipinski definition) is 3. The number of ether oxygens (including phenoxy) is 2. The molecule has 0 bridgehead atoms. The van der Waals surface area contributed by atoms with Gasteiger partial charge in [-0.2, -0.15) is 0 Å². The molecule has 0 aromatic rings. The number of nitrogens with two attached hydrogens (primary N) is 1. The summed E-state index contributed by atoms with van der Waals surface area (Å²) in [7, 11) is 0.894. The van der Waals surface area contributed by atoms with Crippen LogP contribution in [0.4, 0.5) is 0 Å². The molecule has 5 atom stereocenters. The zero-order valence-electron chi connectivity index (χ0n) is 38.7. The molecule has 0 radical (unpaired) electrons. The summed E-state index contributed by atoms with van der Waals surface area (Å²) in [5, 5.41) is 19.5. The maximum absolute atomic E-state index is 13.0. The predicted octanol–water partition coefficient (Wildman–Crippen LogP) is 9.15. The van der Waals surface area contributed by atoms with E-state index in [4.69, 9.17) is 29.4 Å². The second kappa shape index (κ2) is 38.9. The van der Waals surface area contributed by atoms with E-state index in [1.54, 1.807) is 12.2 Å². The molecule has 0 aliphatic heterocycles. The van der Waals surface area contributed by atoms with E-state index in [-0.39, 0.29) is 38.0 Å². The van der Waals surface area contributed by atoms with Crippen LogP contribution in [0, 0.1) is 0 Å². The minimum absolute atomic E-state index is 0.0458. The minimum Gasteiger partial charge on any atom is -0.756 e. The van der Waals surface area contributed by atoms with Gasteiger partial charge in [-0.15, -0.1) is 11.8 Å². The standard InChI is InChI=1S/C47H83N2O11PS/c1-6-8-10-12-14-16-18-20-22-24-26-28-30-35-46(53)60-41(39-59-61(55,56)58-37-36-49(3,4)5)38-57-47(54)42(48)40-62-44(43(50)32-31-34-45(51)52)33-29-27-25-23-21-19-17-15-13-11-9-7-2/h15-18,21,23,25,27,29,33,41-44,50H,6-14,19-20,22,24,26,28,30-32,34-40,48H2,1-5H3,(H-,51,52,55,56)/b17-15-,18-16-,23-21-,27-25+,33-29+/t41-,42+,43+,44-/m1/s1. The van der Waals surface area contributed by atoms with Crippen LogP contribution >= 0.6 is 19.6 Å². The SMILES string of the molecule is CCCCC/C=C\C\C=C/C=C/C=C/[C@@H](SC[C@H](N)C(=O)OC[C@H](COP(=O)([O-])OCC[N+](C)(C)C)OC(=O)CCCCCCC/C=C\CCCCCC)[C@@H](O)CCCC(=O)O. The van der Waals surface area contributed by atoms with Crippen molar-refractivity contribution in [3.8, 4) is 0 Å². The highest BCUT2D eigenvalue weighted by molar-refractivity contribution is 8.00. The highest BCUT2D eigenvalue weighted by Crippen LogP contribution is 2.38. The molecule has 0 amide bonds. The number of unbranched alkanes of at least 4 members (excludes halogenated alkanes) is 12. The average molecular weight is 915 g/mol. The predicted molar refractivity (Wildman–Crippen MR) is 251 cm³/mol. The molecule has 0 aromatic heterocycles. The Bertz CT molecular complexity index is 1370. The number of aliphatic hydroxyl groups excluding tert-OH is 1. The van der Waals surface area contributed by atoms with Crippen molar-refractivity contribution in [1.82, 2.24) is 0 Å². The average Bonchev–Trinajstić information content (AvgIpc) is 3.21. The Morgan fingerprint density at radius 3 is 2.02 bits per heavy atom. The van der Waals surface area contributed by atoms with Gasteiger partial charge in [-0.3, -0.25) is 18.9 Å². The molecule has 0 aliphatic rings. The van der Waals surface area contributed by atoms with Gasteiger partial charge >= 0.3 is 17.9 Å². The molecule has 0 saturated carbocycles. The summed E-state index contributed by atoms with van der Waals surface area (Å²) >= 11 is 1.22. The number of phosphoric ester groups is 1. The van der Waals surface area contributed by atoms with E-state index in [9.17, 15) is 28.9 Å². The zero-order chi connectivity index (χ0) is 46.3. The molecule has 0 aromatic carbocycles. The fraction of sp³-hybridized carbons (Fsp3) is 0.723. The van der Waals surface area contributed by atoms with Gasteiger partial charge in [0.15, 0.2) is 6.10 Å². The lowest BCUT2D eigenvalue weighted by Gasteiger charge is -2.28. The van der Waals surface area contributed by atoms with Crippen LogP contribution in [0.25, 0.3) is 0 Å². The number of phosphoric acid groups is 1. The smallest absolute Gasteiger partial charge is 0.323 e. The third-order valence-corrected chi connectivity index (χ3v) is 11.9. The molecule has 358 valence electrons. The van der Waals surface area contributed by atoms with Gasteiger partial charge in [-0.1, -0.05) is 126 Å². The Hall–Kier alpha value is -2.55. The highest BCUT2D eigenvalue weighted by Gasteiger charge is 2.25. The second-order valence-corrected chi connectivity index (χ2v) is 19.2. The van der Waals surface area contributed by atoms with E-state index < -0.39 is 62.4 Å². The number of quaternary nitrogens is 1. The molecule has 0 heterocycles. The number of rotatable bonds is 41. The van der Waals surface area contributed by atoms with E-state index in [1.807, 2.05) is 45.4 Å². The fourth-order valence-electron chi connectivity index (χ4n) is 5.74. The summed E-state index contributed by atoms with van der Waals surface area (Å²) in [5.74, 6) is -2.30. The quantitative estimate of drug-likeness (QED) is 0.0131. The third kappa shape index (κ3) is 39.1.